The highest BCUT2D eigenvalue weighted by Crippen LogP contribution is 2.42. The van der Waals surface area contributed by atoms with Crippen LogP contribution in [-0.2, 0) is 67.3 Å². The van der Waals surface area contributed by atoms with Gasteiger partial charge in [-0.3, -0.25) is 0 Å². The van der Waals surface area contributed by atoms with Gasteiger partial charge in [-0.2, -0.15) is 4.57 Å². The van der Waals surface area contributed by atoms with E-state index in [2.05, 4.69) is 329 Å². The van der Waals surface area contributed by atoms with Crippen molar-refractivity contribution in [3.63, 3.8) is 0 Å². The minimum absolute atomic E-state index is 0. The number of nitrogens with zero attached hydrogens (tertiary/aromatic N) is 5. The summed E-state index contributed by atoms with van der Waals surface area (Å²) in [6.45, 7) is 42.9. The molecule has 10 aromatic rings. The van der Waals surface area contributed by atoms with Gasteiger partial charge in [0.2, 0.25) is 28.5 Å². The van der Waals surface area contributed by atoms with Crippen molar-refractivity contribution in [3.8, 4) is 56.3 Å². The van der Waals surface area contributed by atoms with Gasteiger partial charge in [-0.05, 0) is 244 Å². The predicted molar refractivity (Wildman–Crippen MR) is 496 cm³/mol. The Balaban J connectivity index is 0.000000259. The smallest absolute Gasteiger partial charge is 0.201 e. The van der Waals surface area contributed by atoms with Crippen molar-refractivity contribution in [2.24, 2.45) is 56.9 Å². The minimum Gasteiger partial charge on any atom is -0.201 e. The topological polar surface area (TPSA) is 19.4 Å². The standard InChI is InChI=1S/2C23H32N.C23H34N.C20H26N.C16H20N.4CH4/c1-17-10-6-9-13-20(17)22-14-21(18-11-7-8-12-18)19(16-24(22)5)15-23(2,3)4;1-17-10-6-9-13-20(17)22-14-19(15-23(2,3)4)21(16-24(22)5)18-11-7-8-12-18;1-17-11-9-10-12-20(17)21-13-18(14-22(2,3)4)19(16-24(21)8)15-23(5,6)7;1-4-16-14-21(3)20(18-12-8-5-9-15(18)2)13-19(16)17-10-6-7-11-17;1-11-8-6-7-9-15(11)16-10-12(2)13(3)14(4)17(16)5;;;;/h2*6,9-10,13-14,16,18H,7-8,11-12,15H2,1-5H3;9-13,16H,14-15H2,1-8H3;5,8-9,12-14,17H,4,6-7,10-11H2,1-3H3;6-10H,1-5H3;4*1H4/q5*+1;;;;/i;;;;3D3;;;;. The van der Waals surface area contributed by atoms with Crippen LogP contribution in [0.5, 0.6) is 0 Å². The first-order valence-corrected chi connectivity index (χ1v) is 42.0. The number of rotatable bonds is 13. The third kappa shape index (κ3) is 25.9. The fourth-order valence-corrected chi connectivity index (χ4v) is 17.6. The largest absolute Gasteiger partial charge is 0.212 e. The van der Waals surface area contributed by atoms with Crippen molar-refractivity contribution in [1.29, 1.82) is 0 Å². The zero-order chi connectivity index (χ0) is 82.7. The molecule has 114 heavy (non-hydrogen) atoms. The van der Waals surface area contributed by atoms with E-state index in [1.807, 2.05) is 43.7 Å². The molecule has 3 fully saturated rings. The van der Waals surface area contributed by atoms with Gasteiger partial charge in [-0.1, -0.05) is 249 Å². The normalized spacial score (nSPS) is 14.3. The van der Waals surface area contributed by atoms with Gasteiger partial charge in [-0.25, -0.2) is 18.3 Å². The monoisotopic (exact) mass is 1540 g/mol. The Morgan fingerprint density at radius 2 is 0.579 bits per heavy atom. The Labute approximate surface area is 703 Å². The van der Waals surface area contributed by atoms with E-state index in [1.165, 1.54) is 167 Å². The average molecular weight is 1540 g/mol. The van der Waals surface area contributed by atoms with Gasteiger partial charge in [0.25, 0.3) is 0 Å². The summed E-state index contributed by atoms with van der Waals surface area (Å²) in [5.41, 5.74) is 35.3. The molecular weight excluding hydrogens is 1380 g/mol. The molecule has 3 aliphatic rings. The maximum absolute atomic E-state index is 7.69. The van der Waals surface area contributed by atoms with Gasteiger partial charge in [0.05, 0.1) is 0 Å². The number of aromatic nitrogens is 5. The summed E-state index contributed by atoms with van der Waals surface area (Å²) >= 11 is 0. The third-order valence-corrected chi connectivity index (χ3v) is 23.4. The average Bonchev–Trinajstić information content (AvgIpc) is 1.32. The first-order chi connectivity index (χ1) is 53.1. The lowest BCUT2D eigenvalue weighted by Gasteiger charge is -2.24. The molecule has 3 aliphatic carbocycles. The molecule has 5 aromatic heterocycles. The summed E-state index contributed by atoms with van der Waals surface area (Å²) in [4.78, 5) is 0. The van der Waals surface area contributed by atoms with E-state index in [1.54, 1.807) is 27.8 Å². The maximum atomic E-state index is 7.69. The van der Waals surface area contributed by atoms with E-state index in [-0.39, 0.29) is 35.1 Å². The fraction of sp³-hybridized carbons (Fsp3) is 0.495. The molecule has 0 N–H and O–H groups in total. The van der Waals surface area contributed by atoms with E-state index in [0.29, 0.717) is 21.8 Å². The zero-order valence-corrected chi connectivity index (χ0v) is 73.2. The van der Waals surface area contributed by atoms with E-state index in [0.717, 1.165) is 72.4 Å². The van der Waals surface area contributed by atoms with Crippen LogP contribution in [0.4, 0.5) is 0 Å². The number of benzene rings is 5. The second-order valence-electron chi connectivity index (χ2n) is 38.1. The molecule has 0 unspecified atom stereocenters. The lowest BCUT2D eigenvalue weighted by molar-refractivity contribution is -0.667. The molecule has 5 nitrogen and oxygen atoms in total. The zero-order valence-electron chi connectivity index (χ0n) is 76.2. The summed E-state index contributed by atoms with van der Waals surface area (Å²) in [5.74, 6) is 2.30. The minimum atomic E-state index is -2.07. The predicted octanol–water partition coefficient (Wildman–Crippen LogP) is 27.8. The quantitative estimate of drug-likeness (QED) is 0.103. The van der Waals surface area contributed by atoms with Gasteiger partial charge in [-0.15, -0.1) is 0 Å². The Kier molecular flexibility index (Phi) is 33.8. The molecular formula is C109H160N5+5. The Hall–Kier alpha value is -8.15. The second-order valence-corrected chi connectivity index (χ2v) is 38.1. The molecule has 0 bridgehead atoms. The van der Waals surface area contributed by atoms with Crippen LogP contribution in [0.1, 0.15) is 308 Å². The van der Waals surface area contributed by atoms with Gasteiger partial charge in [0.15, 0.2) is 30.5 Å². The summed E-state index contributed by atoms with van der Waals surface area (Å²) in [7, 11) is 10.7. The van der Waals surface area contributed by atoms with Gasteiger partial charge in [0, 0.05) is 97.0 Å². The lowest BCUT2D eigenvalue weighted by Crippen LogP contribution is -2.36. The van der Waals surface area contributed by atoms with Crippen LogP contribution in [0.15, 0.2) is 176 Å². The van der Waals surface area contributed by atoms with Gasteiger partial charge >= 0.3 is 0 Å². The van der Waals surface area contributed by atoms with Crippen molar-refractivity contribution in [1.82, 2.24) is 0 Å². The first-order valence-electron chi connectivity index (χ1n) is 43.5. The van der Waals surface area contributed by atoms with Crippen LogP contribution in [-0.4, -0.2) is 0 Å². The molecule has 0 spiro atoms. The molecule has 5 aromatic carbocycles. The lowest BCUT2D eigenvalue weighted by atomic mass is 9.81. The van der Waals surface area contributed by atoms with Crippen LogP contribution in [0.3, 0.4) is 0 Å². The van der Waals surface area contributed by atoms with Crippen LogP contribution in [0.2, 0.25) is 0 Å². The van der Waals surface area contributed by atoms with Crippen LogP contribution < -0.4 is 22.8 Å². The van der Waals surface area contributed by atoms with Crippen molar-refractivity contribution in [2.45, 2.75) is 302 Å². The van der Waals surface area contributed by atoms with Crippen LogP contribution >= 0.6 is 0 Å². The van der Waals surface area contributed by atoms with E-state index in [4.69, 9.17) is 4.11 Å². The number of aryl methyl sites for hydroxylation is 11. The van der Waals surface area contributed by atoms with E-state index < -0.39 is 6.85 Å². The number of hydrogen-bond donors (Lipinski definition) is 0. The fourth-order valence-electron chi connectivity index (χ4n) is 17.6. The highest BCUT2D eigenvalue weighted by atomic mass is 15.0. The number of pyridine rings is 5. The molecule has 0 saturated heterocycles. The Bertz CT molecular complexity index is 4870. The molecule has 13 rings (SSSR count). The van der Waals surface area contributed by atoms with E-state index >= 15 is 0 Å². The highest BCUT2D eigenvalue weighted by Gasteiger charge is 2.32. The summed E-state index contributed by atoms with van der Waals surface area (Å²) in [6.07, 6.45) is 31.7. The second kappa shape index (κ2) is 42.1. The van der Waals surface area contributed by atoms with Crippen molar-refractivity contribution < 1.29 is 26.9 Å². The molecule has 5 heterocycles. The van der Waals surface area contributed by atoms with E-state index in [9.17, 15) is 0 Å². The Morgan fingerprint density at radius 1 is 0.307 bits per heavy atom. The van der Waals surface area contributed by atoms with Crippen LogP contribution in [0.25, 0.3) is 56.3 Å². The van der Waals surface area contributed by atoms with Gasteiger partial charge < -0.3 is 0 Å². The van der Waals surface area contributed by atoms with Crippen LogP contribution in [0, 0.1) is 77.0 Å². The number of hydrogen-bond acceptors (Lipinski definition) is 0. The third-order valence-electron chi connectivity index (χ3n) is 23.4. The first kappa shape index (κ1) is 91.4. The highest BCUT2D eigenvalue weighted by molar-refractivity contribution is 5.66. The SMILES string of the molecule is C.C.C.C.CCc1c[n+](C)c(-c2ccccc2C)cc1C1CCCC1.Cc1ccccc1-c1cc(C2CCCC2)c(CC(C)(C)C)c[n+]1C.Cc1ccccc1-c1cc(CC(C)(C)C)c(C2CCCC2)c[n+]1C.Cc1ccccc1-c1cc(CC(C)(C)C)c(CC(C)(C)C)c[n+]1C.[2H]C([2H])([2H])c1c(C)cc(-c2ccccc2C)[n+](C)c1C. The summed E-state index contributed by atoms with van der Waals surface area (Å²) < 4.78 is 34.3. The van der Waals surface area contributed by atoms with Crippen molar-refractivity contribution in [2.75, 3.05) is 0 Å². The molecule has 616 valence electrons. The molecule has 5 heteroatoms. The summed E-state index contributed by atoms with van der Waals surface area (Å²) in [5, 5.41) is 0. The Morgan fingerprint density at radius 3 is 0.921 bits per heavy atom. The maximum Gasteiger partial charge on any atom is 0.212 e. The molecule has 0 aliphatic heterocycles. The molecule has 3 saturated carbocycles. The molecule has 0 radical (unpaired) electrons. The summed E-state index contributed by atoms with van der Waals surface area (Å²) in [6, 6.07) is 54.9. The van der Waals surface area contributed by atoms with Crippen molar-refractivity contribution >= 4 is 0 Å². The van der Waals surface area contributed by atoms with Crippen molar-refractivity contribution in [3.05, 3.63) is 266 Å². The van der Waals surface area contributed by atoms with Gasteiger partial charge in [0.1, 0.15) is 35.2 Å². The molecule has 0 atom stereocenters. The molecule has 0 amide bonds.